The number of hydroxylamine groups is 2. The number of ether oxygens (including phenoxy) is 2. The zero-order chi connectivity index (χ0) is 34.8. The summed E-state index contributed by atoms with van der Waals surface area (Å²) < 4.78 is 11.1. The number of aromatic hydroxyl groups is 1. The Bertz CT molecular complexity index is 1750. The van der Waals surface area contributed by atoms with Crippen LogP contribution in [0.1, 0.15) is 40.0 Å². The molecule has 3 atom stereocenters. The molecule has 0 spiro atoms. The van der Waals surface area contributed by atoms with E-state index in [1.54, 1.807) is 48.5 Å². The third-order valence-electron chi connectivity index (χ3n) is 7.40. The fourth-order valence-electron chi connectivity index (χ4n) is 4.91. The summed E-state index contributed by atoms with van der Waals surface area (Å²) in [5, 5.41) is 24.8. The first kappa shape index (κ1) is 35.1. The molecule has 4 aromatic carbocycles. The van der Waals surface area contributed by atoms with Gasteiger partial charge < -0.3 is 35.6 Å². The molecule has 0 aliphatic heterocycles. The maximum Gasteiger partial charge on any atom is 0.357 e. The number of nitrogens with one attached hydrogen (secondary N) is 1. The zero-order valence-corrected chi connectivity index (χ0v) is 26.7. The second-order valence-electron chi connectivity index (χ2n) is 11.0. The number of rotatable bonds is 14. The summed E-state index contributed by atoms with van der Waals surface area (Å²) >= 11 is 0. The number of benzene rings is 4. The Morgan fingerprint density at radius 3 is 2.17 bits per heavy atom. The largest absolute Gasteiger partial charge is 0.507 e. The van der Waals surface area contributed by atoms with Gasteiger partial charge in [-0.3, -0.25) is 9.59 Å². The molecule has 48 heavy (non-hydrogen) atoms. The zero-order valence-electron chi connectivity index (χ0n) is 26.7. The van der Waals surface area contributed by atoms with Crippen LogP contribution < -0.4 is 15.8 Å². The number of hydrogen-bond donors (Lipinski definition) is 4. The highest BCUT2D eigenvalue weighted by molar-refractivity contribution is 5.89. The lowest BCUT2D eigenvalue weighted by Crippen LogP contribution is -2.48. The van der Waals surface area contributed by atoms with Crippen molar-refractivity contribution in [3.63, 3.8) is 0 Å². The van der Waals surface area contributed by atoms with Crippen molar-refractivity contribution in [2.24, 2.45) is 5.73 Å². The fraction of sp³-hybridized carbons (Fsp3) is 0.222. The van der Waals surface area contributed by atoms with Crippen molar-refractivity contribution in [3.05, 3.63) is 119 Å². The topological polar surface area (TPSA) is 178 Å². The molecule has 4 rings (SSSR count). The van der Waals surface area contributed by atoms with Gasteiger partial charge in [-0.15, -0.1) is 5.06 Å². The standard InChI is InChI=1S/C36H37N3O9/c1-22(37)33(41)38-29(36(45)46-3)19-24-14-17-31(47-21-23-10-6-4-7-11-23)28(18-24)27-20-26(15-16-30(27)40)32(34(42)43)39(2)48-35(44)25-12-8-5-9-13-25/h4-18,20,22,29,32,40H,19,21,37H2,1-3H3,(H,38,41)(H,42,43)/t22-,29-,32-/m0/s1. The minimum atomic E-state index is -1.45. The molecule has 4 aromatic rings. The molecule has 12 nitrogen and oxygen atoms in total. The van der Waals surface area contributed by atoms with Crippen LogP contribution in [0.3, 0.4) is 0 Å². The number of nitrogens with two attached hydrogens (primary N) is 1. The molecule has 0 aromatic heterocycles. The van der Waals surface area contributed by atoms with Crippen molar-refractivity contribution in [1.29, 1.82) is 0 Å². The number of carboxylic acid groups (broad SMARTS) is 1. The van der Waals surface area contributed by atoms with E-state index in [4.69, 9.17) is 20.0 Å². The molecule has 0 bridgehead atoms. The van der Waals surface area contributed by atoms with Crippen LogP contribution in [0.25, 0.3) is 11.1 Å². The van der Waals surface area contributed by atoms with E-state index in [-0.39, 0.29) is 35.5 Å². The molecule has 0 fully saturated rings. The number of esters is 1. The summed E-state index contributed by atoms with van der Waals surface area (Å²) in [5.74, 6) is -3.13. The van der Waals surface area contributed by atoms with Crippen LogP contribution in [-0.2, 0) is 37.0 Å². The number of phenols is 1. The SMILES string of the molecule is COC(=O)[C@H](Cc1ccc(OCc2ccccc2)c(-c2cc([C@@H](C(=O)O)N(C)OC(=O)c3ccccc3)ccc2O)c1)NC(=O)[C@H](C)N. The molecular weight excluding hydrogens is 618 g/mol. The first-order valence-corrected chi connectivity index (χ1v) is 15.0. The summed E-state index contributed by atoms with van der Waals surface area (Å²) in [6.45, 7) is 1.67. The lowest BCUT2D eigenvalue weighted by Gasteiger charge is -2.24. The fourth-order valence-corrected chi connectivity index (χ4v) is 4.91. The number of carbonyl (C=O) groups excluding carboxylic acids is 3. The van der Waals surface area contributed by atoms with Gasteiger partial charge in [0, 0.05) is 24.6 Å². The Kier molecular flexibility index (Phi) is 11.9. The predicted molar refractivity (Wildman–Crippen MR) is 176 cm³/mol. The van der Waals surface area contributed by atoms with E-state index in [9.17, 15) is 29.4 Å². The van der Waals surface area contributed by atoms with Gasteiger partial charge in [0.15, 0.2) is 6.04 Å². The Labute approximate surface area is 277 Å². The Morgan fingerprint density at radius 1 is 0.875 bits per heavy atom. The molecule has 0 radical (unpaired) electrons. The maximum atomic E-state index is 12.7. The van der Waals surface area contributed by atoms with Gasteiger partial charge in [0.25, 0.3) is 0 Å². The van der Waals surface area contributed by atoms with Gasteiger partial charge in [0.05, 0.1) is 18.7 Å². The lowest BCUT2D eigenvalue weighted by atomic mass is 9.94. The van der Waals surface area contributed by atoms with E-state index in [1.165, 1.54) is 39.3 Å². The van der Waals surface area contributed by atoms with Crippen LogP contribution in [0.15, 0.2) is 97.1 Å². The van der Waals surface area contributed by atoms with Gasteiger partial charge in [-0.1, -0.05) is 60.7 Å². The number of amides is 1. The molecule has 5 N–H and O–H groups in total. The second kappa shape index (κ2) is 16.2. The Hall–Kier alpha value is -5.72. The molecule has 0 saturated carbocycles. The summed E-state index contributed by atoms with van der Waals surface area (Å²) in [6, 6.07) is 23.4. The van der Waals surface area contributed by atoms with Crippen LogP contribution >= 0.6 is 0 Å². The summed E-state index contributed by atoms with van der Waals surface area (Å²) in [4.78, 5) is 55.5. The van der Waals surface area contributed by atoms with E-state index in [1.807, 2.05) is 30.3 Å². The van der Waals surface area contributed by atoms with Gasteiger partial charge in [-0.05, 0) is 60.0 Å². The highest BCUT2D eigenvalue weighted by Gasteiger charge is 2.30. The average Bonchev–Trinajstić information content (AvgIpc) is 3.08. The number of nitrogens with zero attached hydrogens (tertiary/aromatic N) is 1. The van der Waals surface area contributed by atoms with E-state index < -0.39 is 41.9 Å². The number of aliphatic carboxylic acids is 1. The first-order chi connectivity index (χ1) is 23.0. The van der Waals surface area contributed by atoms with Gasteiger partial charge in [0.2, 0.25) is 5.91 Å². The van der Waals surface area contributed by atoms with E-state index in [0.29, 0.717) is 16.9 Å². The van der Waals surface area contributed by atoms with E-state index in [0.717, 1.165) is 10.6 Å². The van der Waals surface area contributed by atoms with E-state index in [2.05, 4.69) is 5.32 Å². The highest BCUT2D eigenvalue weighted by Crippen LogP contribution is 2.39. The molecule has 0 saturated heterocycles. The molecule has 0 aliphatic rings. The van der Waals surface area contributed by atoms with Crippen molar-refractivity contribution in [3.8, 4) is 22.6 Å². The molecule has 0 aliphatic carbocycles. The average molecular weight is 656 g/mol. The quantitative estimate of drug-likeness (QED) is 0.114. The van der Waals surface area contributed by atoms with Gasteiger partial charge >= 0.3 is 17.9 Å². The van der Waals surface area contributed by atoms with Gasteiger partial charge in [0.1, 0.15) is 24.1 Å². The van der Waals surface area contributed by atoms with Crippen LogP contribution in [0.5, 0.6) is 11.5 Å². The summed E-state index contributed by atoms with van der Waals surface area (Å²) in [7, 11) is 2.53. The van der Waals surface area contributed by atoms with E-state index >= 15 is 0 Å². The maximum absolute atomic E-state index is 12.7. The smallest absolute Gasteiger partial charge is 0.357 e. The van der Waals surface area contributed by atoms with Gasteiger partial charge in [-0.2, -0.15) is 0 Å². The summed E-state index contributed by atoms with van der Waals surface area (Å²) in [5.41, 5.74) is 8.14. The minimum Gasteiger partial charge on any atom is -0.507 e. The molecule has 0 unspecified atom stereocenters. The highest BCUT2D eigenvalue weighted by atomic mass is 16.7. The van der Waals surface area contributed by atoms with Crippen LogP contribution in [0, 0.1) is 0 Å². The predicted octanol–water partition coefficient (Wildman–Crippen LogP) is 4.02. The number of carboxylic acids is 1. The van der Waals surface area contributed by atoms with Crippen LogP contribution in [-0.4, -0.2) is 65.3 Å². The second-order valence-corrected chi connectivity index (χ2v) is 11.0. The van der Waals surface area contributed by atoms with Crippen LogP contribution in [0.2, 0.25) is 0 Å². The van der Waals surface area contributed by atoms with Crippen molar-refractivity contribution in [2.75, 3.05) is 14.2 Å². The van der Waals surface area contributed by atoms with Crippen LogP contribution in [0.4, 0.5) is 0 Å². The number of likely N-dealkylation sites (N-methyl/N-ethyl adjacent to an activating group) is 1. The monoisotopic (exact) mass is 655 g/mol. The Morgan fingerprint density at radius 2 is 1.54 bits per heavy atom. The molecule has 250 valence electrons. The van der Waals surface area contributed by atoms with Crippen molar-refractivity contribution in [1.82, 2.24) is 10.4 Å². The third-order valence-corrected chi connectivity index (χ3v) is 7.40. The normalized spacial score (nSPS) is 12.8. The van der Waals surface area contributed by atoms with Crippen molar-refractivity contribution in [2.45, 2.75) is 38.1 Å². The third kappa shape index (κ3) is 8.96. The van der Waals surface area contributed by atoms with Crippen molar-refractivity contribution >= 4 is 23.8 Å². The number of methoxy groups -OCH3 is 1. The molecule has 0 heterocycles. The first-order valence-electron chi connectivity index (χ1n) is 15.0. The minimum absolute atomic E-state index is 0.00742. The molecule has 12 heteroatoms. The number of hydrogen-bond acceptors (Lipinski definition) is 10. The molecule has 1 amide bonds. The number of phenolic OH excluding ortho intramolecular Hbond substituents is 1. The Balaban J connectivity index is 1.74. The lowest BCUT2D eigenvalue weighted by molar-refractivity contribution is -0.165. The number of carbonyl (C=O) groups is 4. The van der Waals surface area contributed by atoms with Crippen molar-refractivity contribution < 1.29 is 43.7 Å². The molecular formula is C36H37N3O9. The van der Waals surface area contributed by atoms with Gasteiger partial charge in [-0.25, -0.2) is 9.59 Å². The summed E-state index contributed by atoms with van der Waals surface area (Å²) in [6.07, 6.45) is 0.00742.